The largest absolute Gasteiger partial charge is 0.491 e. The summed E-state index contributed by atoms with van der Waals surface area (Å²) in [4.78, 5) is 28.9. The van der Waals surface area contributed by atoms with Gasteiger partial charge in [-0.15, -0.1) is 0 Å². The molecule has 0 aliphatic heterocycles. The molecule has 0 radical (unpaired) electrons. The van der Waals surface area contributed by atoms with Gasteiger partial charge in [0.25, 0.3) is 5.91 Å². The molecule has 28 heavy (non-hydrogen) atoms. The molecule has 9 heteroatoms. The smallest absolute Gasteiger partial charge is 0.326 e. The summed E-state index contributed by atoms with van der Waals surface area (Å²) in [5.74, 6) is -0.0135. The van der Waals surface area contributed by atoms with Crippen molar-refractivity contribution in [2.75, 3.05) is 11.1 Å². The zero-order chi connectivity index (χ0) is 20.4. The van der Waals surface area contributed by atoms with Crippen LogP contribution in [-0.2, 0) is 7.05 Å². The monoisotopic (exact) mass is 382 g/mol. The van der Waals surface area contributed by atoms with Gasteiger partial charge in [0.15, 0.2) is 5.65 Å². The Kier molecular flexibility index (Phi) is 5.16. The number of rotatable bonds is 4. The normalized spacial score (nSPS) is 10.9. The number of hydrogen-bond acceptors (Lipinski definition) is 6. The number of nitrogens with one attached hydrogen (secondary N) is 2. The molecule has 0 spiro atoms. The van der Waals surface area contributed by atoms with E-state index < -0.39 is 11.9 Å². The predicted molar refractivity (Wildman–Crippen MR) is 106 cm³/mol. The Morgan fingerprint density at radius 1 is 1.25 bits per heavy atom. The minimum Gasteiger partial charge on any atom is -0.491 e. The molecule has 3 rings (SSSR count). The van der Waals surface area contributed by atoms with E-state index in [1.807, 2.05) is 13.8 Å². The summed E-state index contributed by atoms with van der Waals surface area (Å²) in [7, 11) is 1.74. The number of benzene rings is 1. The van der Waals surface area contributed by atoms with Gasteiger partial charge in [-0.05, 0) is 39.0 Å². The molecule has 0 aliphatic carbocycles. The third kappa shape index (κ3) is 4.03. The second-order valence-electron chi connectivity index (χ2n) is 6.60. The molecule has 3 amide bonds. The summed E-state index contributed by atoms with van der Waals surface area (Å²) in [5, 5.41) is 9.81. The molecule has 9 nitrogen and oxygen atoms in total. The van der Waals surface area contributed by atoms with Crippen molar-refractivity contribution in [3.8, 4) is 5.75 Å². The van der Waals surface area contributed by atoms with Gasteiger partial charge in [-0.3, -0.25) is 14.8 Å². The first-order chi connectivity index (χ1) is 13.2. The second kappa shape index (κ2) is 7.55. The number of amides is 3. The van der Waals surface area contributed by atoms with Crippen molar-refractivity contribution in [2.24, 2.45) is 7.05 Å². The van der Waals surface area contributed by atoms with Gasteiger partial charge >= 0.3 is 6.03 Å². The van der Waals surface area contributed by atoms with Crippen LogP contribution in [0.15, 0.2) is 30.3 Å². The highest BCUT2D eigenvalue weighted by molar-refractivity contribution is 6.11. The standard InChI is InChI=1S/C19H22N6O3/c1-10(2)28-13-7-5-6-12(8-13)21-19(27)23-18(26)15-9-14-11(3)24-25(4)17(14)22-16(15)20/h5-10H,1-4H3,(H2,20,22)(H2,21,23,26,27). The maximum absolute atomic E-state index is 12.5. The van der Waals surface area contributed by atoms with Crippen molar-refractivity contribution in [1.29, 1.82) is 0 Å². The molecule has 0 saturated heterocycles. The first kappa shape index (κ1) is 19.2. The van der Waals surface area contributed by atoms with Crippen LogP contribution < -0.4 is 21.1 Å². The fourth-order valence-corrected chi connectivity index (χ4v) is 2.79. The number of nitrogens with zero attached hydrogens (tertiary/aromatic N) is 3. The van der Waals surface area contributed by atoms with Crippen molar-refractivity contribution in [3.63, 3.8) is 0 Å². The molecule has 0 bridgehead atoms. The van der Waals surface area contributed by atoms with E-state index in [4.69, 9.17) is 10.5 Å². The molecule has 0 atom stereocenters. The van der Waals surface area contributed by atoms with Crippen LogP contribution in [0.3, 0.4) is 0 Å². The number of anilines is 2. The van der Waals surface area contributed by atoms with Crippen molar-refractivity contribution in [1.82, 2.24) is 20.1 Å². The number of urea groups is 1. The van der Waals surface area contributed by atoms with E-state index in [9.17, 15) is 9.59 Å². The van der Waals surface area contributed by atoms with Gasteiger partial charge < -0.3 is 15.8 Å². The van der Waals surface area contributed by atoms with Crippen LogP contribution in [0.2, 0.25) is 0 Å². The minimum atomic E-state index is -0.686. The average Bonchev–Trinajstić information content (AvgIpc) is 2.87. The Morgan fingerprint density at radius 2 is 2.00 bits per heavy atom. The van der Waals surface area contributed by atoms with Crippen LogP contribution in [-0.4, -0.2) is 32.8 Å². The van der Waals surface area contributed by atoms with Gasteiger partial charge in [0.05, 0.1) is 17.4 Å². The van der Waals surface area contributed by atoms with Crippen LogP contribution in [0.25, 0.3) is 11.0 Å². The summed E-state index contributed by atoms with van der Waals surface area (Å²) in [5.41, 5.74) is 7.78. The van der Waals surface area contributed by atoms with Crippen LogP contribution in [0, 0.1) is 6.92 Å². The average molecular weight is 382 g/mol. The Balaban J connectivity index is 1.74. The number of fused-ring (bicyclic) bond motifs is 1. The number of aryl methyl sites for hydroxylation is 2. The number of carbonyl (C=O) groups is 2. The number of pyridine rings is 1. The second-order valence-corrected chi connectivity index (χ2v) is 6.60. The van der Waals surface area contributed by atoms with Crippen LogP contribution in [0.4, 0.5) is 16.3 Å². The Labute approximate surface area is 161 Å². The number of carbonyl (C=O) groups excluding carboxylic acids is 2. The fraction of sp³-hybridized carbons (Fsp3) is 0.263. The molecular formula is C19H22N6O3. The lowest BCUT2D eigenvalue weighted by Crippen LogP contribution is -2.34. The highest BCUT2D eigenvalue weighted by atomic mass is 16.5. The van der Waals surface area contributed by atoms with Gasteiger partial charge in [-0.25, -0.2) is 9.78 Å². The maximum atomic E-state index is 12.5. The number of nitrogen functional groups attached to an aromatic ring is 1. The lowest BCUT2D eigenvalue weighted by atomic mass is 10.2. The van der Waals surface area contributed by atoms with Crippen molar-refractivity contribution in [2.45, 2.75) is 26.9 Å². The molecule has 2 aromatic heterocycles. The topological polar surface area (TPSA) is 124 Å². The minimum absolute atomic E-state index is 0.00646. The summed E-state index contributed by atoms with van der Waals surface area (Å²) in [6, 6.07) is 7.79. The zero-order valence-electron chi connectivity index (χ0n) is 16.1. The van der Waals surface area contributed by atoms with E-state index in [1.165, 1.54) is 0 Å². The summed E-state index contributed by atoms with van der Waals surface area (Å²) in [6.45, 7) is 5.62. The number of aromatic nitrogens is 3. The molecule has 1 aromatic carbocycles. The third-order valence-electron chi connectivity index (χ3n) is 3.96. The highest BCUT2D eigenvalue weighted by Gasteiger charge is 2.18. The molecule has 2 heterocycles. The van der Waals surface area contributed by atoms with Gasteiger partial charge in [0.1, 0.15) is 11.6 Å². The molecule has 0 fully saturated rings. The van der Waals surface area contributed by atoms with Gasteiger partial charge in [0, 0.05) is 24.2 Å². The molecule has 3 aromatic rings. The number of imide groups is 1. The summed E-state index contributed by atoms with van der Waals surface area (Å²) >= 11 is 0. The lowest BCUT2D eigenvalue weighted by molar-refractivity contribution is 0.0968. The van der Waals surface area contributed by atoms with Crippen molar-refractivity contribution >= 4 is 34.5 Å². The maximum Gasteiger partial charge on any atom is 0.326 e. The van der Waals surface area contributed by atoms with Crippen molar-refractivity contribution in [3.05, 3.63) is 41.6 Å². The molecule has 4 N–H and O–H groups in total. The highest BCUT2D eigenvalue weighted by Crippen LogP contribution is 2.21. The Hall–Kier alpha value is -3.62. The number of nitrogens with two attached hydrogens (primary N) is 1. The predicted octanol–water partition coefficient (Wildman–Crippen LogP) is 2.61. The SMILES string of the molecule is Cc1nn(C)c2nc(N)c(C(=O)NC(=O)Nc3cccc(OC(C)C)c3)cc12. The first-order valence-electron chi connectivity index (χ1n) is 8.73. The molecule has 0 aliphatic rings. The fourth-order valence-electron chi connectivity index (χ4n) is 2.79. The molecule has 0 saturated carbocycles. The number of ether oxygens (including phenoxy) is 1. The van der Waals surface area contributed by atoms with Crippen LogP contribution in [0.1, 0.15) is 29.9 Å². The van der Waals surface area contributed by atoms with E-state index in [-0.39, 0.29) is 17.5 Å². The molecule has 0 unspecified atom stereocenters. The quantitative estimate of drug-likeness (QED) is 0.637. The Bertz CT molecular complexity index is 1060. The van der Waals surface area contributed by atoms with Crippen LogP contribution >= 0.6 is 0 Å². The van der Waals surface area contributed by atoms with E-state index in [2.05, 4.69) is 20.7 Å². The van der Waals surface area contributed by atoms with Gasteiger partial charge in [0.2, 0.25) is 0 Å². The van der Waals surface area contributed by atoms with E-state index >= 15 is 0 Å². The van der Waals surface area contributed by atoms with E-state index in [0.29, 0.717) is 28.2 Å². The lowest BCUT2D eigenvalue weighted by Gasteiger charge is -2.12. The zero-order valence-corrected chi connectivity index (χ0v) is 16.1. The number of hydrogen-bond donors (Lipinski definition) is 3. The van der Waals surface area contributed by atoms with E-state index in [0.717, 1.165) is 0 Å². The summed E-state index contributed by atoms with van der Waals surface area (Å²) in [6.07, 6.45) is 0.00646. The Morgan fingerprint density at radius 3 is 2.71 bits per heavy atom. The molecular weight excluding hydrogens is 360 g/mol. The molecule has 146 valence electrons. The third-order valence-corrected chi connectivity index (χ3v) is 3.96. The van der Waals surface area contributed by atoms with Gasteiger partial charge in [-0.2, -0.15) is 5.10 Å². The first-order valence-corrected chi connectivity index (χ1v) is 8.73. The van der Waals surface area contributed by atoms with Crippen LogP contribution in [0.5, 0.6) is 5.75 Å². The van der Waals surface area contributed by atoms with Crippen molar-refractivity contribution < 1.29 is 14.3 Å². The van der Waals surface area contributed by atoms with E-state index in [1.54, 1.807) is 49.0 Å². The summed E-state index contributed by atoms with van der Waals surface area (Å²) < 4.78 is 7.17. The van der Waals surface area contributed by atoms with Gasteiger partial charge in [-0.1, -0.05) is 6.07 Å².